The molecule has 0 aromatic heterocycles. The van der Waals surface area contributed by atoms with Crippen molar-refractivity contribution < 1.29 is 4.90 Å². The van der Waals surface area contributed by atoms with Gasteiger partial charge in [-0.25, -0.2) is 0 Å². The predicted molar refractivity (Wildman–Crippen MR) is 44.4 cm³/mol. The van der Waals surface area contributed by atoms with Gasteiger partial charge < -0.3 is 0 Å². The Morgan fingerprint density at radius 2 is 2.40 bits per heavy atom. The first kappa shape index (κ1) is 6.25. The highest BCUT2D eigenvalue weighted by atomic mass is 32.2. The van der Waals surface area contributed by atoms with Crippen LogP contribution in [0.25, 0.3) is 0 Å². The minimum atomic E-state index is 0.616. The van der Waals surface area contributed by atoms with Gasteiger partial charge in [-0.3, -0.25) is 4.90 Å². The van der Waals surface area contributed by atoms with Crippen LogP contribution in [0.4, 0.5) is 0 Å². The summed E-state index contributed by atoms with van der Waals surface area (Å²) in [6, 6.07) is 0. The number of quaternary nitrogens is 1. The van der Waals surface area contributed by atoms with Crippen LogP contribution in [-0.2, 0) is 0 Å². The van der Waals surface area contributed by atoms with Gasteiger partial charge in [-0.1, -0.05) is 17.8 Å². The van der Waals surface area contributed by atoms with Gasteiger partial charge >= 0.3 is 0 Å². The Kier molecular flexibility index (Phi) is 1.43. The van der Waals surface area contributed by atoms with Crippen LogP contribution in [0.5, 0.6) is 0 Å². The van der Waals surface area contributed by atoms with Crippen LogP contribution in [0.3, 0.4) is 0 Å². The van der Waals surface area contributed by atoms with Crippen molar-refractivity contribution in [1.82, 2.24) is 0 Å². The number of rotatable bonds is 0. The first-order chi connectivity index (χ1) is 4.88. The first-order valence-electron chi connectivity index (χ1n) is 3.42. The van der Waals surface area contributed by atoms with Crippen LogP contribution >= 0.6 is 11.8 Å². The van der Waals surface area contributed by atoms with Crippen molar-refractivity contribution in [2.24, 2.45) is 0 Å². The number of hydrogen-bond acceptors (Lipinski definition) is 1. The zero-order chi connectivity index (χ0) is 6.97. The van der Waals surface area contributed by atoms with Crippen LogP contribution in [0.2, 0.25) is 0 Å². The molecule has 1 nitrogen and oxygen atoms in total. The highest BCUT2D eigenvalue weighted by molar-refractivity contribution is 8.02. The van der Waals surface area contributed by atoms with Crippen molar-refractivity contribution in [3.05, 3.63) is 35.5 Å². The third-order valence-corrected chi connectivity index (χ3v) is 3.02. The van der Waals surface area contributed by atoms with Gasteiger partial charge in [0.1, 0.15) is 11.9 Å². The molecule has 0 radical (unpaired) electrons. The van der Waals surface area contributed by atoms with E-state index in [-0.39, 0.29) is 0 Å². The zero-order valence-corrected chi connectivity index (χ0v) is 6.69. The fraction of sp³-hybridized carbons (Fsp3) is 0.250. The van der Waals surface area contributed by atoms with E-state index in [9.17, 15) is 0 Å². The second-order valence-electron chi connectivity index (χ2n) is 2.56. The Bertz CT molecular complexity index is 227. The van der Waals surface area contributed by atoms with Crippen molar-refractivity contribution >= 4 is 11.8 Å². The summed E-state index contributed by atoms with van der Waals surface area (Å²) in [5.74, 6) is 0. The lowest BCUT2D eigenvalue weighted by molar-refractivity contribution is -0.807. The maximum Gasteiger partial charge on any atom is 0.166 e. The molecule has 2 heteroatoms. The van der Waals surface area contributed by atoms with Crippen molar-refractivity contribution in [3.8, 4) is 0 Å². The molecule has 0 aromatic rings. The van der Waals surface area contributed by atoms with Crippen molar-refractivity contribution in [3.63, 3.8) is 0 Å². The Hall–Kier alpha value is -0.470. The van der Waals surface area contributed by atoms with E-state index in [1.807, 2.05) is 11.8 Å². The lowest BCUT2D eigenvalue weighted by Gasteiger charge is -2.16. The van der Waals surface area contributed by atoms with Crippen LogP contribution in [0.15, 0.2) is 35.5 Å². The van der Waals surface area contributed by atoms with Crippen LogP contribution in [-0.4, -0.2) is 5.37 Å². The third-order valence-electron chi connectivity index (χ3n) is 1.83. The summed E-state index contributed by atoms with van der Waals surface area (Å²) in [4.78, 5) is 1.48. The topological polar surface area (TPSA) is 4.44 Å². The van der Waals surface area contributed by atoms with Gasteiger partial charge in [-0.05, 0) is 12.2 Å². The standard InChI is InChI=1S/C8H9NS/c1-7-6-10-8-4-2-3-5-9(7)8/h2-6,8H,1H3/p+1. The van der Waals surface area contributed by atoms with Crippen LogP contribution < -0.4 is 4.90 Å². The van der Waals surface area contributed by atoms with Crippen molar-refractivity contribution in [2.45, 2.75) is 12.3 Å². The molecule has 2 heterocycles. The number of thioether (sulfide) groups is 1. The summed E-state index contributed by atoms with van der Waals surface area (Å²) in [5.41, 5.74) is 1.43. The number of allylic oxidation sites excluding steroid dienone is 3. The molecule has 0 saturated carbocycles. The molecular formula is C8H10NS+. The fourth-order valence-corrected chi connectivity index (χ4v) is 2.32. The van der Waals surface area contributed by atoms with E-state index in [1.165, 1.54) is 10.6 Å². The van der Waals surface area contributed by atoms with Crippen LogP contribution in [0, 0.1) is 0 Å². The Balaban J connectivity index is 2.27. The molecule has 0 aromatic carbocycles. The molecule has 2 atom stereocenters. The molecule has 10 heavy (non-hydrogen) atoms. The number of nitrogens with one attached hydrogen (secondary N) is 1. The second kappa shape index (κ2) is 2.29. The molecule has 0 bridgehead atoms. The van der Waals surface area contributed by atoms with Gasteiger partial charge in [-0.15, -0.1) is 0 Å². The summed E-state index contributed by atoms with van der Waals surface area (Å²) >= 11 is 1.90. The van der Waals surface area contributed by atoms with E-state index >= 15 is 0 Å². The molecule has 2 unspecified atom stereocenters. The molecule has 0 amide bonds. The van der Waals surface area contributed by atoms with E-state index in [4.69, 9.17) is 0 Å². The molecule has 2 aliphatic heterocycles. The summed E-state index contributed by atoms with van der Waals surface area (Å²) < 4.78 is 0. The predicted octanol–water partition coefficient (Wildman–Crippen LogP) is 0.889. The number of fused-ring (bicyclic) bond motifs is 1. The maximum atomic E-state index is 2.24. The molecule has 0 aliphatic carbocycles. The third kappa shape index (κ3) is 0.842. The summed E-state index contributed by atoms with van der Waals surface area (Å²) in [6.07, 6.45) is 8.67. The SMILES string of the molecule is CC1=CSC2C=CC=C[NH+]12. The molecule has 1 N–H and O–H groups in total. The molecule has 2 aliphatic rings. The smallest absolute Gasteiger partial charge is 0.166 e. The maximum absolute atomic E-state index is 2.24. The monoisotopic (exact) mass is 152 g/mol. The average Bonchev–Trinajstić information content (AvgIpc) is 2.34. The highest BCUT2D eigenvalue weighted by Gasteiger charge is 2.26. The largest absolute Gasteiger partial charge is 0.265 e. The van der Waals surface area contributed by atoms with E-state index in [0.29, 0.717) is 5.37 Å². The van der Waals surface area contributed by atoms with E-state index < -0.39 is 0 Å². The molecule has 0 saturated heterocycles. The lowest BCUT2D eigenvalue weighted by atomic mass is 10.3. The molecular weight excluding hydrogens is 142 g/mol. The second-order valence-corrected chi connectivity index (χ2v) is 3.57. The number of hydrogen-bond donors (Lipinski definition) is 1. The lowest BCUT2D eigenvalue weighted by Crippen LogP contribution is -3.07. The van der Waals surface area contributed by atoms with Gasteiger partial charge in [0.25, 0.3) is 0 Å². The molecule has 0 fully saturated rings. The minimum Gasteiger partial charge on any atom is -0.265 e. The summed E-state index contributed by atoms with van der Waals surface area (Å²) in [7, 11) is 0. The highest BCUT2D eigenvalue weighted by Crippen LogP contribution is 2.17. The molecule has 2 rings (SSSR count). The van der Waals surface area contributed by atoms with Gasteiger partial charge in [0, 0.05) is 12.3 Å². The summed E-state index contributed by atoms with van der Waals surface area (Å²) in [6.45, 7) is 2.17. The first-order valence-corrected chi connectivity index (χ1v) is 4.36. The average molecular weight is 152 g/mol. The van der Waals surface area contributed by atoms with Gasteiger partial charge in [0.15, 0.2) is 5.37 Å². The van der Waals surface area contributed by atoms with Crippen LogP contribution in [0.1, 0.15) is 6.92 Å². The Morgan fingerprint density at radius 3 is 3.20 bits per heavy atom. The zero-order valence-electron chi connectivity index (χ0n) is 5.87. The normalized spacial score (nSPS) is 35.9. The minimum absolute atomic E-state index is 0.616. The molecule has 52 valence electrons. The van der Waals surface area contributed by atoms with Crippen molar-refractivity contribution in [1.29, 1.82) is 0 Å². The molecule has 0 spiro atoms. The van der Waals surface area contributed by atoms with E-state index in [2.05, 4.69) is 36.8 Å². The Morgan fingerprint density at radius 1 is 1.50 bits per heavy atom. The van der Waals surface area contributed by atoms with Crippen molar-refractivity contribution in [2.75, 3.05) is 0 Å². The van der Waals surface area contributed by atoms with Gasteiger partial charge in [0.2, 0.25) is 0 Å². The van der Waals surface area contributed by atoms with E-state index in [1.54, 1.807) is 0 Å². The quantitative estimate of drug-likeness (QED) is 0.540. The fourth-order valence-electron chi connectivity index (χ4n) is 1.24. The van der Waals surface area contributed by atoms with Gasteiger partial charge in [-0.2, -0.15) is 0 Å². The summed E-state index contributed by atoms with van der Waals surface area (Å²) in [5, 5.41) is 2.85. The Labute approximate surface area is 65.1 Å². The van der Waals surface area contributed by atoms with Gasteiger partial charge in [0.05, 0.1) is 0 Å². The van der Waals surface area contributed by atoms with E-state index in [0.717, 1.165) is 0 Å².